The second-order valence-corrected chi connectivity index (χ2v) is 11.4. The predicted molar refractivity (Wildman–Crippen MR) is 161 cm³/mol. The van der Waals surface area contributed by atoms with Gasteiger partial charge in [-0.3, -0.25) is 9.36 Å². The maximum Gasteiger partial charge on any atom is 0.338 e. The lowest BCUT2D eigenvalue weighted by molar-refractivity contribution is -0.139. The Labute approximate surface area is 244 Å². The molecule has 1 atom stereocenters. The van der Waals surface area contributed by atoms with Gasteiger partial charge in [0.1, 0.15) is 5.75 Å². The lowest BCUT2D eigenvalue weighted by atomic mass is 9.96. The van der Waals surface area contributed by atoms with Crippen molar-refractivity contribution in [2.45, 2.75) is 40.7 Å². The minimum atomic E-state index is -0.664. The summed E-state index contributed by atoms with van der Waals surface area (Å²) < 4.78 is 16.3. The van der Waals surface area contributed by atoms with Gasteiger partial charge in [-0.25, -0.2) is 9.79 Å². The highest BCUT2D eigenvalue weighted by molar-refractivity contribution is 9.10. The fourth-order valence-electron chi connectivity index (χ4n) is 5.08. The van der Waals surface area contributed by atoms with E-state index in [9.17, 15) is 9.59 Å². The minimum absolute atomic E-state index is 0.203. The van der Waals surface area contributed by atoms with Crippen LogP contribution in [0.5, 0.6) is 5.75 Å². The number of nitrogens with zero attached hydrogens (tertiary/aromatic N) is 3. The van der Waals surface area contributed by atoms with Gasteiger partial charge in [0.25, 0.3) is 5.56 Å². The molecule has 1 aliphatic rings. The fourth-order valence-corrected chi connectivity index (χ4v) is 6.38. The van der Waals surface area contributed by atoms with Crippen LogP contribution in [-0.2, 0) is 9.53 Å². The number of aromatic nitrogens is 2. The SMILES string of the molecule is CCOC(=O)C1=C(C)N=c2s/c(=C\c3cc(C)n(-c4ccc(Br)cc4)c3C)c(=O)n2[C@@H]1c1ccc(OCC)cc1. The maximum atomic E-state index is 14.0. The number of rotatable bonds is 7. The van der Waals surface area contributed by atoms with Gasteiger partial charge in [0.05, 0.1) is 35.1 Å². The smallest absolute Gasteiger partial charge is 0.338 e. The Morgan fingerprint density at radius 1 is 1.05 bits per heavy atom. The summed E-state index contributed by atoms with van der Waals surface area (Å²) in [5.41, 5.74) is 5.56. The highest BCUT2D eigenvalue weighted by Gasteiger charge is 2.33. The van der Waals surface area contributed by atoms with E-state index in [-0.39, 0.29) is 12.2 Å². The van der Waals surface area contributed by atoms with Crippen molar-refractivity contribution < 1.29 is 14.3 Å². The molecule has 1 aliphatic heterocycles. The summed E-state index contributed by atoms with van der Waals surface area (Å²) in [6, 6.07) is 17.0. The lowest BCUT2D eigenvalue weighted by Crippen LogP contribution is -2.39. The monoisotopic (exact) mass is 619 g/mol. The normalized spacial score (nSPS) is 15.2. The number of carbonyl (C=O) groups is 1. The summed E-state index contributed by atoms with van der Waals surface area (Å²) in [6.07, 6.45) is 1.92. The van der Waals surface area contributed by atoms with Crippen molar-refractivity contribution in [2.24, 2.45) is 4.99 Å². The van der Waals surface area contributed by atoms with Crippen molar-refractivity contribution >= 4 is 39.3 Å². The van der Waals surface area contributed by atoms with E-state index in [0.29, 0.717) is 27.2 Å². The molecule has 0 aliphatic carbocycles. The first-order valence-electron chi connectivity index (χ1n) is 13.1. The van der Waals surface area contributed by atoms with Crippen LogP contribution in [0.15, 0.2) is 80.1 Å². The van der Waals surface area contributed by atoms with Gasteiger partial charge >= 0.3 is 5.97 Å². The van der Waals surface area contributed by atoms with E-state index in [1.807, 2.05) is 56.3 Å². The first kappa shape index (κ1) is 27.9. The molecular formula is C31H30BrN3O4S. The molecule has 40 heavy (non-hydrogen) atoms. The Bertz CT molecular complexity index is 1790. The zero-order valence-electron chi connectivity index (χ0n) is 23.0. The van der Waals surface area contributed by atoms with E-state index in [4.69, 9.17) is 9.47 Å². The zero-order chi connectivity index (χ0) is 28.6. The van der Waals surface area contributed by atoms with Gasteiger partial charge in [-0.05, 0) is 94.3 Å². The predicted octanol–water partition coefficient (Wildman–Crippen LogP) is 5.37. The number of allylic oxidation sites excluding steroid dienone is 1. The molecule has 2 aromatic carbocycles. The molecule has 4 aromatic rings. The molecule has 0 fully saturated rings. The molecule has 9 heteroatoms. The molecule has 0 saturated heterocycles. The average molecular weight is 621 g/mol. The van der Waals surface area contributed by atoms with Crippen LogP contribution >= 0.6 is 27.3 Å². The van der Waals surface area contributed by atoms with Crippen LogP contribution in [0.1, 0.15) is 49.3 Å². The number of carbonyl (C=O) groups excluding carboxylic acids is 1. The van der Waals surface area contributed by atoms with Crippen LogP contribution in [-0.4, -0.2) is 28.3 Å². The van der Waals surface area contributed by atoms with E-state index in [0.717, 1.165) is 38.4 Å². The Morgan fingerprint density at radius 3 is 2.40 bits per heavy atom. The third-order valence-corrected chi connectivity index (χ3v) is 8.38. The summed E-state index contributed by atoms with van der Waals surface area (Å²) in [7, 11) is 0. The highest BCUT2D eigenvalue weighted by Crippen LogP contribution is 2.32. The summed E-state index contributed by atoms with van der Waals surface area (Å²) in [4.78, 5) is 32.3. The van der Waals surface area contributed by atoms with E-state index >= 15 is 0 Å². The second kappa shape index (κ2) is 11.4. The van der Waals surface area contributed by atoms with Crippen molar-refractivity contribution in [3.63, 3.8) is 0 Å². The van der Waals surface area contributed by atoms with Gasteiger partial charge in [-0.1, -0.05) is 39.4 Å². The lowest BCUT2D eigenvalue weighted by Gasteiger charge is -2.24. The number of aryl methyl sites for hydroxylation is 1. The quantitative estimate of drug-likeness (QED) is 0.261. The third-order valence-electron chi connectivity index (χ3n) is 6.87. The Morgan fingerprint density at radius 2 is 1.75 bits per heavy atom. The van der Waals surface area contributed by atoms with Crippen molar-refractivity contribution in [3.05, 3.63) is 113 Å². The van der Waals surface area contributed by atoms with Crippen molar-refractivity contribution in [3.8, 4) is 11.4 Å². The number of hydrogen-bond donors (Lipinski definition) is 0. The first-order chi connectivity index (χ1) is 19.2. The number of esters is 1. The summed E-state index contributed by atoms with van der Waals surface area (Å²) in [6.45, 7) is 10.3. The van der Waals surface area contributed by atoms with Crippen LogP contribution in [0.25, 0.3) is 11.8 Å². The van der Waals surface area contributed by atoms with Gasteiger partial charge in [0, 0.05) is 21.5 Å². The van der Waals surface area contributed by atoms with Crippen LogP contribution in [0.4, 0.5) is 0 Å². The molecule has 0 radical (unpaired) electrons. The number of ether oxygens (including phenoxy) is 2. The number of fused-ring (bicyclic) bond motifs is 1. The van der Waals surface area contributed by atoms with Crippen molar-refractivity contribution in [1.82, 2.24) is 9.13 Å². The fraction of sp³-hybridized carbons (Fsp3) is 0.258. The standard InChI is InChI=1S/C31H30BrN3O4S/c1-6-38-25-14-8-21(9-15-25)28-27(30(37)39-7-2)19(4)33-31-35(28)29(36)26(40-31)17-22-16-18(3)34(20(22)5)24-12-10-23(32)11-13-24/h8-17,28H,6-7H2,1-5H3/b26-17-/t28-/m1/s1. The molecule has 0 saturated carbocycles. The molecule has 0 unspecified atom stereocenters. The number of thiazole rings is 1. The van der Waals surface area contributed by atoms with Gasteiger partial charge < -0.3 is 14.0 Å². The van der Waals surface area contributed by atoms with E-state index in [1.165, 1.54) is 11.3 Å². The third kappa shape index (κ3) is 5.11. The molecule has 7 nitrogen and oxygen atoms in total. The zero-order valence-corrected chi connectivity index (χ0v) is 25.4. The van der Waals surface area contributed by atoms with Crippen LogP contribution < -0.4 is 19.6 Å². The minimum Gasteiger partial charge on any atom is -0.494 e. The second-order valence-electron chi connectivity index (χ2n) is 9.44. The van der Waals surface area contributed by atoms with Gasteiger partial charge in [-0.2, -0.15) is 0 Å². The van der Waals surface area contributed by atoms with E-state index in [1.54, 1.807) is 18.4 Å². The average Bonchev–Trinajstić information content (AvgIpc) is 3.38. The topological polar surface area (TPSA) is 74.8 Å². The van der Waals surface area contributed by atoms with Gasteiger partial charge in [0.15, 0.2) is 4.80 Å². The molecule has 0 amide bonds. The molecule has 0 bridgehead atoms. The number of hydrogen-bond acceptors (Lipinski definition) is 6. The molecule has 3 heterocycles. The molecule has 0 N–H and O–H groups in total. The van der Waals surface area contributed by atoms with E-state index < -0.39 is 12.0 Å². The van der Waals surface area contributed by atoms with Crippen LogP contribution in [0.2, 0.25) is 0 Å². The Hall–Kier alpha value is -3.69. The Kier molecular flexibility index (Phi) is 7.96. The summed E-state index contributed by atoms with van der Waals surface area (Å²) in [5, 5.41) is 0. The number of halogens is 1. The van der Waals surface area contributed by atoms with Crippen molar-refractivity contribution in [1.29, 1.82) is 0 Å². The molecule has 5 rings (SSSR count). The molecule has 2 aromatic heterocycles. The van der Waals surface area contributed by atoms with E-state index in [2.05, 4.69) is 50.6 Å². The largest absolute Gasteiger partial charge is 0.494 e. The van der Waals surface area contributed by atoms with Crippen LogP contribution in [0, 0.1) is 13.8 Å². The highest BCUT2D eigenvalue weighted by atomic mass is 79.9. The summed E-state index contributed by atoms with van der Waals surface area (Å²) >= 11 is 4.82. The molecule has 206 valence electrons. The molecule has 0 spiro atoms. The van der Waals surface area contributed by atoms with Crippen molar-refractivity contribution in [2.75, 3.05) is 13.2 Å². The van der Waals surface area contributed by atoms with Crippen LogP contribution in [0.3, 0.4) is 0 Å². The Balaban J connectivity index is 1.66. The molecular weight excluding hydrogens is 590 g/mol. The first-order valence-corrected chi connectivity index (χ1v) is 14.7. The number of benzene rings is 2. The van der Waals surface area contributed by atoms with Gasteiger partial charge in [-0.15, -0.1) is 0 Å². The maximum absolute atomic E-state index is 14.0. The van der Waals surface area contributed by atoms with Gasteiger partial charge in [0.2, 0.25) is 0 Å². The summed E-state index contributed by atoms with van der Waals surface area (Å²) in [5.74, 6) is 0.244.